The van der Waals surface area contributed by atoms with Crippen LogP contribution in [0.5, 0.6) is 0 Å². The van der Waals surface area contributed by atoms with E-state index in [1.807, 2.05) is 19.2 Å². The lowest BCUT2D eigenvalue weighted by Crippen LogP contribution is -2.49. The third kappa shape index (κ3) is 3.17. The van der Waals surface area contributed by atoms with Gasteiger partial charge in [0.2, 0.25) is 10.9 Å². The normalized spacial score (nSPS) is 17.6. The fourth-order valence-corrected chi connectivity index (χ4v) is 4.14. The lowest BCUT2D eigenvalue weighted by Gasteiger charge is -2.35. The molecule has 6 nitrogen and oxygen atoms in total. The number of amides is 1. The monoisotopic (exact) mass is 355 g/mol. The van der Waals surface area contributed by atoms with Crippen LogP contribution in [-0.4, -0.2) is 38.0 Å². The van der Waals surface area contributed by atoms with Gasteiger partial charge in [0.15, 0.2) is 0 Å². The maximum atomic E-state index is 12.8. The maximum Gasteiger partial charge on any atom is 0.238 e. The molecule has 3 heterocycles. The molecule has 1 atom stereocenters. The van der Waals surface area contributed by atoms with E-state index in [0.29, 0.717) is 6.54 Å². The van der Waals surface area contributed by atoms with Gasteiger partial charge < -0.3 is 5.32 Å². The van der Waals surface area contributed by atoms with Gasteiger partial charge in [0, 0.05) is 6.54 Å². The summed E-state index contributed by atoms with van der Waals surface area (Å²) in [4.78, 5) is 20.4. The topological polar surface area (TPSA) is 62.5 Å². The third-order valence-corrected chi connectivity index (χ3v) is 5.53. The van der Waals surface area contributed by atoms with E-state index in [1.54, 1.807) is 15.9 Å². The van der Waals surface area contributed by atoms with Crippen LogP contribution >= 0.6 is 11.3 Å². The van der Waals surface area contributed by atoms with Crippen molar-refractivity contribution in [1.82, 2.24) is 24.8 Å². The van der Waals surface area contributed by atoms with Gasteiger partial charge in [-0.2, -0.15) is 5.10 Å². The predicted molar refractivity (Wildman–Crippen MR) is 97.5 cm³/mol. The smallest absolute Gasteiger partial charge is 0.238 e. The average molecular weight is 355 g/mol. The largest absolute Gasteiger partial charge is 0.349 e. The van der Waals surface area contributed by atoms with Crippen molar-refractivity contribution in [2.24, 2.45) is 0 Å². The first-order chi connectivity index (χ1) is 12.1. The number of carbonyl (C=O) groups is 1. The van der Waals surface area contributed by atoms with Crippen LogP contribution in [0, 0.1) is 6.92 Å². The Morgan fingerprint density at radius 2 is 2.16 bits per heavy atom. The van der Waals surface area contributed by atoms with Crippen LogP contribution in [0.3, 0.4) is 0 Å². The number of nitrogens with zero attached hydrogens (tertiary/aromatic N) is 4. The molecule has 1 aliphatic heterocycles. The van der Waals surface area contributed by atoms with Crippen molar-refractivity contribution < 1.29 is 4.79 Å². The molecule has 1 aromatic carbocycles. The summed E-state index contributed by atoms with van der Waals surface area (Å²) < 4.78 is 1.77. The van der Waals surface area contributed by atoms with Crippen LogP contribution in [0.4, 0.5) is 0 Å². The molecular formula is C18H21N5OS. The molecule has 25 heavy (non-hydrogen) atoms. The van der Waals surface area contributed by atoms with Crippen LogP contribution < -0.4 is 5.32 Å². The zero-order valence-electron chi connectivity index (χ0n) is 14.4. The molecule has 1 aliphatic rings. The highest BCUT2D eigenvalue weighted by molar-refractivity contribution is 7.16. The summed E-state index contributed by atoms with van der Waals surface area (Å²) >= 11 is 1.55. The quantitative estimate of drug-likeness (QED) is 0.779. The van der Waals surface area contributed by atoms with Gasteiger partial charge in [-0.1, -0.05) is 42.5 Å². The van der Waals surface area contributed by atoms with Gasteiger partial charge >= 0.3 is 0 Å². The van der Waals surface area contributed by atoms with Crippen molar-refractivity contribution in [2.75, 3.05) is 6.54 Å². The second-order valence-electron chi connectivity index (χ2n) is 6.35. The molecule has 0 saturated heterocycles. The number of aryl methyl sites for hydroxylation is 1. The summed E-state index contributed by atoms with van der Waals surface area (Å²) in [5.41, 5.74) is 3.44. The minimum atomic E-state index is -0.121. The second kappa shape index (κ2) is 6.57. The van der Waals surface area contributed by atoms with E-state index in [0.717, 1.165) is 35.2 Å². The zero-order valence-corrected chi connectivity index (χ0v) is 15.2. The van der Waals surface area contributed by atoms with E-state index in [9.17, 15) is 4.79 Å². The van der Waals surface area contributed by atoms with Crippen molar-refractivity contribution >= 4 is 22.2 Å². The van der Waals surface area contributed by atoms with Crippen molar-refractivity contribution in [2.45, 2.75) is 39.4 Å². The maximum absolute atomic E-state index is 12.8. The van der Waals surface area contributed by atoms with Crippen molar-refractivity contribution in [3.05, 3.63) is 52.3 Å². The molecule has 4 rings (SSSR count). The Bertz CT molecular complexity index is 884. The molecule has 7 heteroatoms. The Labute approximate surface area is 150 Å². The number of hydrogen-bond acceptors (Lipinski definition) is 5. The van der Waals surface area contributed by atoms with Crippen molar-refractivity contribution in [1.29, 1.82) is 0 Å². The predicted octanol–water partition coefficient (Wildman–Crippen LogP) is 2.16. The number of hydrogen-bond donors (Lipinski definition) is 1. The van der Waals surface area contributed by atoms with Gasteiger partial charge in [-0.25, -0.2) is 9.50 Å². The molecule has 3 aromatic rings. The minimum Gasteiger partial charge on any atom is -0.349 e. The van der Waals surface area contributed by atoms with Crippen LogP contribution in [0.15, 0.2) is 30.5 Å². The van der Waals surface area contributed by atoms with Crippen LogP contribution in [0.2, 0.25) is 0 Å². The number of likely N-dealkylation sites (N-methyl/N-ethyl adjacent to an activating group) is 1. The van der Waals surface area contributed by atoms with Gasteiger partial charge in [0.1, 0.15) is 5.01 Å². The number of fused-ring (bicyclic) bond motifs is 2. The van der Waals surface area contributed by atoms with Crippen LogP contribution in [-0.2, 0) is 24.3 Å². The molecule has 0 aliphatic carbocycles. The molecule has 1 amide bonds. The zero-order chi connectivity index (χ0) is 17.4. The van der Waals surface area contributed by atoms with Gasteiger partial charge in [0.25, 0.3) is 0 Å². The Balaban J connectivity index is 1.45. The van der Waals surface area contributed by atoms with E-state index in [1.165, 1.54) is 11.1 Å². The van der Waals surface area contributed by atoms with E-state index >= 15 is 0 Å². The van der Waals surface area contributed by atoms with E-state index in [2.05, 4.69) is 45.4 Å². The lowest BCUT2D eigenvalue weighted by molar-refractivity contribution is -0.127. The van der Waals surface area contributed by atoms with E-state index < -0.39 is 0 Å². The molecule has 0 saturated carbocycles. The van der Waals surface area contributed by atoms with Crippen molar-refractivity contribution in [3.63, 3.8) is 0 Å². The highest BCUT2D eigenvalue weighted by Gasteiger charge is 2.30. The Morgan fingerprint density at radius 1 is 1.36 bits per heavy atom. The first-order valence-corrected chi connectivity index (χ1v) is 9.36. The van der Waals surface area contributed by atoms with E-state index in [4.69, 9.17) is 0 Å². The standard InChI is InChI=1S/C18H21N5OS/c1-3-22-10-14-7-5-4-6-13(14)8-16(22)17(24)19-9-15-11-23-18(20-15)25-12(2)21-23/h4-7,11,16H,3,8-10H2,1-2H3,(H,19,24)/t16-/m0/s1. The molecule has 1 N–H and O–H groups in total. The van der Waals surface area contributed by atoms with Crippen LogP contribution in [0.1, 0.15) is 28.8 Å². The van der Waals surface area contributed by atoms with Gasteiger partial charge in [-0.05, 0) is 31.0 Å². The molecule has 0 bridgehead atoms. The van der Waals surface area contributed by atoms with Gasteiger partial charge in [-0.3, -0.25) is 9.69 Å². The average Bonchev–Trinajstić information content (AvgIpc) is 3.15. The number of imidazole rings is 1. The summed E-state index contributed by atoms with van der Waals surface area (Å²) in [6.07, 6.45) is 2.64. The Hall–Kier alpha value is -2.25. The highest BCUT2D eigenvalue weighted by Crippen LogP contribution is 2.23. The number of rotatable bonds is 4. The molecule has 0 unspecified atom stereocenters. The fourth-order valence-electron chi connectivity index (χ4n) is 3.39. The molecular weight excluding hydrogens is 334 g/mol. The Morgan fingerprint density at radius 3 is 2.92 bits per heavy atom. The molecule has 0 spiro atoms. The minimum absolute atomic E-state index is 0.0665. The first-order valence-electron chi connectivity index (χ1n) is 8.54. The second-order valence-corrected chi connectivity index (χ2v) is 7.51. The summed E-state index contributed by atoms with van der Waals surface area (Å²) in [7, 11) is 0. The SMILES string of the molecule is CCN1Cc2ccccc2C[C@H]1C(=O)NCc1cn2nc(C)sc2n1. The number of carbonyl (C=O) groups excluding carboxylic acids is 1. The summed E-state index contributed by atoms with van der Waals surface area (Å²) in [5, 5.41) is 8.39. The Kier molecular flexibility index (Phi) is 4.27. The fraction of sp³-hybridized carbons (Fsp3) is 0.389. The summed E-state index contributed by atoms with van der Waals surface area (Å²) in [6.45, 7) is 6.18. The lowest BCUT2D eigenvalue weighted by atomic mass is 9.93. The highest BCUT2D eigenvalue weighted by atomic mass is 32.1. The molecule has 130 valence electrons. The molecule has 0 fully saturated rings. The number of nitrogens with one attached hydrogen (secondary N) is 1. The molecule has 0 radical (unpaired) electrons. The number of aromatic nitrogens is 3. The third-order valence-electron chi connectivity index (χ3n) is 4.69. The van der Waals surface area contributed by atoms with Crippen molar-refractivity contribution in [3.8, 4) is 0 Å². The molecule has 2 aromatic heterocycles. The van der Waals surface area contributed by atoms with Gasteiger partial charge in [-0.15, -0.1) is 0 Å². The summed E-state index contributed by atoms with van der Waals surface area (Å²) in [5.74, 6) is 0.0665. The first kappa shape index (κ1) is 16.2. The number of benzene rings is 1. The van der Waals surface area contributed by atoms with Crippen LogP contribution in [0.25, 0.3) is 4.96 Å². The van der Waals surface area contributed by atoms with Gasteiger partial charge in [0.05, 0.1) is 24.5 Å². The summed E-state index contributed by atoms with van der Waals surface area (Å²) in [6, 6.07) is 8.26. The van der Waals surface area contributed by atoms with E-state index in [-0.39, 0.29) is 11.9 Å².